The van der Waals surface area contributed by atoms with Crippen LogP contribution in [-0.2, 0) is 4.79 Å². The van der Waals surface area contributed by atoms with Gasteiger partial charge in [0.2, 0.25) is 0 Å². The molecule has 0 aromatic rings. The van der Waals surface area contributed by atoms with E-state index in [0.29, 0.717) is 16.8 Å². The molecule has 17 heavy (non-hydrogen) atoms. The summed E-state index contributed by atoms with van der Waals surface area (Å²) < 4.78 is 0. The van der Waals surface area contributed by atoms with Crippen LogP contribution >= 0.6 is 0 Å². The van der Waals surface area contributed by atoms with E-state index in [9.17, 15) is 4.79 Å². The van der Waals surface area contributed by atoms with Gasteiger partial charge in [0.15, 0.2) is 5.78 Å². The third kappa shape index (κ3) is 5.71. The maximum atomic E-state index is 11.2. The van der Waals surface area contributed by atoms with Crippen molar-refractivity contribution in [3.8, 4) is 0 Å². The van der Waals surface area contributed by atoms with Crippen LogP contribution in [0.4, 0.5) is 0 Å². The van der Waals surface area contributed by atoms with E-state index in [1.54, 1.807) is 12.2 Å². The Bertz CT molecular complexity index is 420. The summed E-state index contributed by atoms with van der Waals surface area (Å²) in [4.78, 5) is 11.2. The molecule has 0 rings (SSSR count). The summed E-state index contributed by atoms with van der Waals surface area (Å²) in [5.74, 6) is -0.00240. The van der Waals surface area contributed by atoms with Crippen LogP contribution in [0.25, 0.3) is 0 Å². The van der Waals surface area contributed by atoms with Gasteiger partial charge in [0, 0.05) is 11.3 Å². The van der Waals surface area contributed by atoms with Crippen molar-refractivity contribution in [3.05, 3.63) is 59.4 Å². The second-order valence-corrected chi connectivity index (χ2v) is 3.81. The van der Waals surface area contributed by atoms with Gasteiger partial charge in [-0.1, -0.05) is 36.5 Å². The van der Waals surface area contributed by atoms with Gasteiger partial charge in [-0.2, -0.15) is 0 Å². The summed E-state index contributed by atoms with van der Waals surface area (Å²) in [6, 6.07) is 0. The first-order valence-corrected chi connectivity index (χ1v) is 5.57. The first-order chi connectivity index (χ1) is 7.92. The molecule has 0 aromatic heterocycles. The fourth-order valence-electron chi connectivity index (χ4n) is 1.32. The van der Waals surface area contributed by atoms with Crippen molar-refractivity contribution < 1.29 is 4.79 Å². The van der Waals surface area contributed by atoms with Crippen LogP contribution in [0.2, 0.25) is 0 Å². The molecule has 0 atom stereocenters. The van der Waals surface area contributed by atoms with Crippen LogP contribution in [-0.4, -0.2) is 5.78 Å². The minimum absolute atomic E-state index is 0.00240. The van der Waals surface area contributed by atoms with Crippen molar-refractivity contribution in [2.75, 3.05) is 0 Å². The topological polar surface area (TPSA) is 43.1 Å². The summed E-state index contributed by atoms with van der Waals surface area (Å²) in [5.41, 5.74) is 8.76. The van der Waals surface area contributed by atoms with Crippen molar-refractivity contribution in [1.82, 2.24) is 0 Å². The van der Waals surface area contributed by atoms with Crippen LogP contribution in [0.3, 0.4) is 0 Å². The molecule has 0 radical (unpaired) electrons. The van der Waals surface area contributed by atoms with Gasteiger partial charge in [0.05, 0.1) is 0 Å². The highest BCUT2D eigenvalue weighted by molar-refractivity contribution is 5.96. The van der Waals surface area contributed by atoms with E-state index in [-0.39, 0.29) is 5.78 Å². The average Bonchev–Trinajstić information content (AvgIpc) is 2.25. The molecule has 2 nitrogen and oxygen atoms in total. The Morgan fingerprint density at radius 1 is 1.18 bits per heavy atom. The SMILES string of the molecule is C=C(/C=C(C)\C=C/C)/C(N)=C/C(=C\C)C(C)=O. The zero-order valence-corrected chi connectivity index (χ0v) is 11.1. The van der Waals surface area contributed by atoms with E-state index in [2.05, 4.69) is 6.58 Å². The molecule has 0 aliphatic heterocycles. The monoisotopic (exact) mass is 231 g/mol. The van der Waals surface area contributed by atoms with Crippen molar-refractivity contribution in [3.63, 3.8) is 0 Å². The van der Waals surface area contributed by atoms with Gasteiger partial charge in [-0.15, -0.1) is 0 Å². The average molecular weight is 231 g/mol. The number of Topliss-reactive ketones (excluding diaryl/α,β-unsaturated/α-hetero) is 1. The molecule has 0 heterocycles. The highest BCUT2D eigenvalue weighted by Crippen LogP contribution is 2.11. The normalized spacial score (nSPS) is 14.2. The highest BCUT2D eigenvalue weighted by atomic mass is 16.1. The Balaban J connectivity index is 5.01. The Labute approximate surface area is 104 Å². The first kappa shape index (κ1) is 15.2. The van der Waals surface area contributed by atoms with Gasteiger partial charge in [0.25, 0.3) is 0 Å². The number of carbonyl (C=O) groups is 1. The molecule has 0 aliphatic carbocycles. The second-order valence-electron chi connectivity index (χ2n) is 3.81. The fourth-order valence-corrected chi connectivity index (χ4v) is 1.32. The molecule has 0 fully saturated rings. The van der Waals surface area contributed by atoms with Crippen molar-refractivity contribution in [2.24, 2.45) is 5.73 Å². The lowest BCUT2D eigenvalue weighted by molar-refractivity contribution is -0.113. The first-order valence-electron chi connectivity index (χ1n) is 5.57. The smallest absolute Gasteiger partial charge is 0.159 e. The number of carbonyl (C=O) groups excluding carboxylic acids is 1. The van der Waals surface area contributed by atoms with Crippen molar-refractivity contribution >= 4 is 5.78 Å². The standard InChI is InChI=1S/C15H21NO/c1-6-8-11(3)9-12(4)15(16)10-14(7-2)13(5)17/h6-10H,4,16H2,1-3,5H3/b8-6-,11-9-,14-7+,15-10-. The molecule has 0 aliphatic rings. The largest absolute Gasteiger partial charge is 0.398 e. The lowest BCUT2D eigenvalue weighted by atomic mass is 10.1. The Hall–Kier alpha value is -1.83. The fraction of sp³-hybridized carbons (Fsp3) is 0.267. The Morgan fingerprint density at radius 3 is 2.18 bits per heavy atom. The number of hydrogen-bond donors (Lipinski definition) is 1. The molecule has 2 N–H and O–H groups in total. The van der Waals surface area contributed by atoms with Crippen molar-refractivity contribution in [1.29, 1.82) is 0 Å². The summed E-state index contributed by atoms with van der Waals surface area (Å²) in [6.07, 6.45) is 9.21. The lowest BCUT2D eigenvalue weighted by Crippen LogP contribution is -2.02. The maximum absolute atomic E-state index is 11.2. The van der Waals surface area contributed by atoms with Gasteiger partial charge < -0.3 is 5.73 Å². The minimum Gasteiger partial charge on any atom is -0.398 e. The summed E-state index contributed by atoms with van der Waals surface area (Å²) in [5, 5.41) is 0. The van der Waals surface area contributed by atoms with E-state index in [1.807, 2.05) is 39.0 Å². The van der Waals surface area contributed by atoms with E-state index < -0.39 is 0 Å². The third-order valence-electron chi connectivity index (χ3n) is 2.23. The number of rotatable bonds is 5. The van der Waals surface area contributed by atoms with Crippen LogP contribution < -0.4 is 5.73 Å². The molecule has 0 spiro atoms. The molecule has 0 saturated heterocycles. The summed E-state index contributed by atoms with van der Waals surface area (Å²) >= 11 is 0. The Kier molecular flexibility index (Phi) is 6.64. The number of allylic oxidation sites excluding steroid dienone is 7. The predicted octanol–water partition coefficient (Wildman–Crippen LogP) is 3.44. The number of ketones is 1. The summed E-state index contributed by atoms with van der Waals surface area (Å²) in [6.45, 7) is 11.1. The van der Waals surface area contributed by atoms with Crippen LogP contribution in [0, 0.1) is 0 Å². The van der Waals surface area contributed by atoms with Crippen LogP contribution in [0.1, 0.15) is 27.7 Å². The lowest BCUT2D eigenvalue weighted by Gasteiger charge is -2.03. The zero-order chi connectivity index (χ0) is 13.4. The molecule has 2 heteroatoms. The molecule has 0 amide bonds. The van der Waals surface area contributed by atoms with E-state index >= 15 is 0 Å². The van der Waals surface area contributed by atoms with Gasteiger partial charge in [-0.25, -0.2) is 0 Å². The van der Waals surface area contributed by atoms with Crippen molar-refractivity contribution in [2.45, 2.75) is 27.7 Å². The number of hydrogen-bond acceptors (Lipinski definition) is 2. The van der Waals surface area contributed by atoms with E-state index in [1.165, 1.54) is 6.92 Å². The minimum atomic E-state index is -0.00240. The molecular weight excluding hydrogens is 210 g/mol. The van der Waals surface area contributed by atoms with Gasteiger partial charge in [-0.3, -0.25) is 4.79 Å². The van der Waals surface area contributed by atoms with E-state index in [0.717, 1.165) is 5.57 Å². The molecule has 92 valence electrons. The second kappa shape index (κ2) is 7.44. The van der Waals surface area contributed by atoms with Gasteiger partial charge in [-0.05, 0) is 39.3 Å². The quantitative estimate of drug-likeness (QED) is 0.581. The Morgan fingerprint density at radius 2 is 1.76 bits per heavy atom. The molecule has 0 saturated carbocycles. The van der Waals surface area contributed by atoms with Gasteiger partial charge >= 0.3 is 0 Å². The predicted molar refractivity (Wildman–Crippen MR) is 74.4 cm³/mol. The molecule has 0 bridgehead atoms. The van der Waals surface area contributed by atoms with E-state index in [4.69, 9.17) is 5.73 Å². The maximum Gasteiger partial charge on any atom is 0.159 e. The summed E-state index contributed by atoms with van der Waals surface area (Å²) in [7, 11) is 0. The third-order valence-corrected chi connectivity index (χ3v) is 2.23. The molecule has 0 unspecified atom stereocenters. The molecule has 0 aromatic carbocycles. The van der Waals surface area contributed by atoms with Crippen LogP contribution in [0.15, 0.2) is 59.4 Å². The highest BCUT2D eigenvalue weighted by Gasteiger charge is 2.01. The van der Waals surface area contributed by atoms with Crippen LogP contribution in [0.5, 0.6) is 0 Å². The van der Waals surface area contributed by atoms with Gasteiger partial charge in [0.1, 0.15) is 0 Å². The molecular formula is C15H21NO. The zero-order valence-electron chi connectivity index (χ0n) is 11.1. The number of nitrogens with two attached hydrogens (primary N) is 1.